The van der Waals surface area contributed by atoms with Gasteiger partial charge in [0.1, 0.15) is 6.17 Å². The molecule has 1 aromatic rings. The predicted octanol–water partition coefficient (Wildman–Crippen LogP) is 3.50. The minimum Gasteiger partial charge on any atom is -0.322 e. The van der Waals surface area contributed by atoms with E-state index in [0.717, 1.165) is 25.8 Å². The second kappa shape index (κ2) is 7.08. The van der Waals surface area contributed by atoms with Gasteiger partial charge in [-0.3, -0.25) is 10.1 Å². The van der Waals surface area contributed by atoms with Crippen molar-refractivity contribution in [3.63, 3.8) is 0 Å². The highest BCUT2D eigenvalue weighted by molar-refractivity contribution is 5.84. The molecule has 1 fully saturated rings. The standard InChI is InChI=1S/C18H28N2O/c1-5-12-20-17(15-10-8-14(7-3)9-11-15)19-16(18(20)21)13(4)6-2/h8-11,13,16-17,19H,5-7,12H2,1-4H3. The van der Waals surface area contributed by atoms with Gasteiger partial charge in [0.2, 0.25) is 5.91 Å². The van der Waals surface area contributed by atoms with Crippen molar-refractivity contribution in [2.45, 2.75) is 59.2 Å². The molecule has 3 nitrogen and oxygen atoms in total. The largest absolute Gasteiger partial charge is 0.322 e. The Bertz CT molecular complexity index is 469. The van der Waals surface area contributed by atoms with Crippen molar-refractivity contribution in [2.24, 2.45) is 5.92 Å². The lowest BCUT2D eigenvalue weighted by molar-refractivity contribution is -0.131. The summed E-state index contributed by atoms with van der Waals surface area (Å²) >= 11 is 0. The molecule has 0 aliphatic carbocycles. The van der Waals surface area contributed by atoms with Crippen molar-refractivity contribution in [1.29, 1.82) is 0 Å². The predicted molar refractivity (Wildman–Crippen MR) is 86.9 cm³/mol. The Labute approximate surface area is 128 Å². The third kappa shape index (κ3) is 3.29. The van der Waals surface area contributed by atoms with Crippen LogP contribution in [0.3, 0.4) is 0 Å². The van der Waals surface area contributed by atoms with Gasteiger partial charge in [-0.1, -0.05) is 58.4 Å². The molecule has 1 amide bonds. The zero-order chi connectivity index (χ0) is 15.4. The minimum absolute atomic E-state index is 0.0300. The van der Waals surface area contributed by atoms with E-state index in [1.807, 2.05) is 4.90 Å². The molecule has 0 spiro atoms. The van der Waals surface area contributed by atoms with E-state index in [-0.39, 0.29) is 18.1 Å². The van der Waals surface area contributed by atoms with Crippen LogP contribution in [0.25, 0.3) is 0 Å². The molecular formula is C18H28N2O. The van der Waals surface area contributed by atoms with E-state index in [0.29, 0.717) is 5.92 Å². The molecule has 116 valence electrons. The Morgan fingerprint density at radius 3 is 2.38 bits per heavy atom. The van der Waals surface area contributed by atoms with E-state index in [4.69, 9.17) is 0 Å². The Kier molecular flexibility index (Phi) is 5.40. The first kappa shape index (κ1) is 16.0. The molecule has 3 atom stereocenters. The van der Waals surface area contributed by atoms with Crippen LogP contribution in [-0.4, -0.2) is 23.4 Å². The summed E-state index contributed by atoms with van der Waals surface area (Å²) in [6.07, 6.45) is 3.09. The highest BCUT2D eigenvalue weighted by Gasteiger charge is 2.40. The Morgan fingerprint density at radius 1 is 1.19 bits per heavy atom. The second-order valence-corrected chi connectivity index (χ2v) is 6.06. The maximum absolute atomic E-state index is 12.7. The fourth-order valence-electron chi connectivity index (χ4n) is 2.97. The Balaban J connectivity index is 2.24. The molecule has 0 radical (unpaired) electrons. The average Bonchev–Trinajstić information content (AvgIpc) is 2.84. The highest BCUT2D eigenvalue weighted by atomic mass is 16.2. The average molecular weight is 288 g/mol. The Hall–Kier alpha value is -1.35. The molecule has 2 rings (SSSR count). The summed E-state index contributed by atoms with van der Waals surface area (Å²) in [6, 6.07) is 8.61. The monoisotopic (exact) mass is 288 g/mol. The van der Waals surface area contributed by atoms with Gasteiger partial charge < -0.3 is 4.90 Å². The van der Waals surface area contributed by atoms with Gasteiger partial charge in [-0.25, -0.2) is 0 Å². The van der Waals surface area contributed by atoms with Gasteiger partial charge in [0.15, 0.2) is 0 Å². The van der Waals surface area contributed by atoms with Crippen LogP contribution in [0.1, 0.15) is 57.8 Å². The van der Waals surface area contributed by atoms with Crippen molar-refractivity contribution in [1.82, 2.24) is 10.2 Å². The third-order valence-electron chi connectivity index (χ3n) is 4.58. The van der Waals surface area contributed by atoms with E-state index in [1.165, 1.54) is 11.1 Å². The fourth-order valence-corrected chi connectivity index (χ4v) is 2.97. The molecule has 21 heavy (non-hydrogen) atoms. The lowest BCUT2D eigenvalue weighted by Crippen LogP contribution is -2.35. The molecule has 1 saturated heterocycles. The zero-order valence-electron chi connectivity index (χ0n) is 13.7. The number of hydrogen-bond donors (Lipinski definition) is 1. The van der Waals surface area contributed by atoms with E-state index >= 15 is 0 Å². The number of rotatable bonds is 6. The SMILES string of the molecule is CCCN1C(=O)C(C(C)CC)NC1c1ccc(CC)cc1. The van der Waals surface area contributed by atoms with Crippen molar-refractivity contribution in [3.05, 3.63) is 35.4 Å². The van der Waals surface area contributed by atoms with Gasteiger partial charge in [-0.15, -0.1) is 0 Å². The van der Waals surface area contributed by atoms with Crippen molar-refractivity contribution in [2.75, 3.05) is 6.54 Å². The second-order valence-electron chi connectivity index (χ2n) is 6.06. The molecular weight excluding hydrogens is 260 g/mol. The third-order valence-corrected chi connectivity index (χ3v) is 4.58. The van der Waals surface area contributed by atoms with Gasteiger partial charge in [-0.2, -0.15) is 0 Å². The van der Waals surface area contributed by atoms with Crippen LogP contribution < -0.4 is 5.32 Å². The highest BCUT2D eigenvalue weighted by Crippen LogP contribution is 2.29. The van der Waals surface area contributed by atoms with Crippen LogP contribution in [0.15, 0.2) is 24.3 Å². The quantitative estimate of drug-likeness (QED) is 0.869. The van der Waals surface area contributed by atoms with E-state index in [9.17, 15) is 4.79 Å². The van der Waals surface area contributed by atoms with Crippen LogP contribution in [0.2, 0.25) is 0 Å². The van der Waals surface area contributed by atoms with Crippen LogP contribution in [-0.2, 0) is 11.2 Å². The maximum Gasteiger partial charge on any atom is 0.241 e. The number of carbonyl (C=O) groups excluding carboxylic acids is 1. The lowest BCUT2D eigenvalue weighted by atomic mass is 9.99. The van der Waals surface area contributed by atoms with Gasteiger partial charge in [0.05, 0.1) is 6.04 Å². The first-order valence-corrected chi connectivity index (χ1v) is 8.27. The van der Waals surface area contributed by atoms with Gasteiger partial charge in [-0.05, 0) is 29.9 Å². The number of benzene rings is 1. The molecule has 3 heteroatoms. The first-order valence-electron chi connectivity index (χ1n) is 8.27. The van der Waals surface area contributed by atoms with Crippen LogP contribution >= 0.6 is 0 Å². The Morgan fingerprint density at radius 2 is 1.86 bits per heavy atom. The van der Waals surface area contributed by atoms with E-state index in [2.05, 4.69) is 57.3 Å². The van der Waals surface area contributed by atoms with Gasteiger partial charge in [0.25, 0.3) is 0 Å². The summed E-state index contributed by atoms with van der Waals surface area (Å²) in [5.74, 6) is 0.632. The summed E-state index contributed by atoms with van der Waals surface area (Å²) in [7, 11) is 0. The number of amides is 1. The van der Waals surface area contributed by atoms with Crippen molar-refractivity contribution < 1.29 is 4.79 Å². The summed E-state index contributed by atoms with van der Waals surface area (Å²) in [5, 5.41) is 3.56. The molecule has 1 aliphatic rings. The van der Waals surface area contributed by atoms with Gasteiger partial charge in [0, 0.05) is 6.54 Å². The molecule has 1 N–H and O–H groups in total. The summed E-state index contributed by atoms with van der Waals surface area (Å²) in [5.41, 5.74) is 2.53. The number of hydrogen-bond acceptors (Lipinski definition) is 2. The topological polar surface area (TPSA) is 32.3 Å². The lowest BCUT2D eigenvalue weighted by Gasteiger charge is -2.24. The minimum atomic E-state index is -0.0441. The number of aryl methyl sites for hydroxylation is 1. The fraction of sp³-hybridized carbons (Fsp3) is 0.611. The van der Waals surface area contributed by atoms with Crippen molar-refractivity contribution in [3.8, 4) is 0 Å². The first-order chi connectivity index (χ1) is 10.1. The van der Waals surface area contributed by atoms with Crippen LogP contribution in [0.4, 0.5) is 0 Å². The summed E-state index contributed by atoms with van der Waals surface area (Å²) < 4.78 is 0. The normalized spacial score (nSPS) is 23.6. The number of carbonyl (C=O) groups is 1. The smallest absolute Gasteiger partial charge is 0.241 e. The molecule has 0 aromatic heterocycles. The van der Waals surface area contributed by atoms with E-state index < -0.39 is 0 Å². The summed E-state index contributed by atoms with van der Waals surface area (Å²) in [4.78, 5) is 14.7. The number of nitrogens with zero attached hydrogens (tertiary/aromatic N) is 1. The molecule has 1 heterocycles. The maximum atomic E-state index is 12.7. The number of nitrogens with one attached hydrogen (secondary N) is 1. The van der Waals surface area contributed by atoms with Crippen LogP contribution in [0, 0.1) is 5.92 Å². The zero-order valence-corrected chi connectivity index (χ0v) is 13.7. The molecule has 1 aromatic carbocycles. The molecule has 0 saturated carbocycles. The molecule has 0 bridgehead atoms. The molecule has 3 unspecified atom stereocenters. The van der Waals surface area contributed by atoms with E-state index in [1.54, 1.807) is 0 Å². The summed E-state index contributed by atoms with van der Waals surface area (Å²) in [6.45, 7) is 9.41. The van der Waals surface area contributed by atoms with Gasteiger partial charge >= 0.3 is 0 Å². The molecule has 1 aliphatic heterocycles. The van der Waals surface area contributed by atoms with Crippen molar-refractivity contribution >= 4 is 5.91 Å². The van der Waals surface area contributed by atoms with Crippen LogP contribution in [0.5, 0.6) is 0 Å².